The SMILES string of the molecule is Cc1cnc(C2CCCc3ccccc32)s1. The number of hydrogen-bond acceptors (Lipinski definition) is 2. The summed E-state index contributed by atoms with van der Waals surface area (Å²) < 4.78 is 0. The fourth-order valence-corrected chi connectivity index (χ4v) is 3.47. The lowest BCUT2D eigenvalue weighted by Crippen LogP contribution is -2.10. The summed E-state index contributed by atoms with van der Waals surface area (Å²) in [7, 11) is 0. The van der Waals surface area contributed by atoms with Crippen molar-refractivity contribution in [2.45, 2.75) is 32.1 Å². The van der Waals surface area contributed by atoms with E-state index >= 15 is 0 Å². The number of benzene rings is 1. The van der Waals surface area contributed by atoms with Crippen molar-refractivity contribution in [3.63, 3.8) is 0 Å². The van der Waals surface area contributed by atoms with Crippen LogP contribution in [0.5, 0.6) is 0 Å². The first-order chi connectivity index (χ1) is 7.84. The number of rotatable bonds is 1. The van der Waals surface area contributed by atoms with Gasteiger partial charge in [0.1, 0.15) is 5.01 Å². The second kappa shape index (κ2) is 4.02. The first-order valence-electron chi connectivity index (χ1n) is 5.85. The fraction of sp³-hybridized carbons (Fsp3) is 0.357. The summed E-state index contributed by atoms with van der Waals surface area (Å²) in [5.41, 5.74) is 3.02. The number of aromatic nitrogens is 1. The van der Waals surface area contributed by atoms with E-state index in [0.717, 1.165) is 0 Å². The van der Waals surface area contributed by atoms with Gasteiger partial charge in [0.05, 0.1) is 0 Å². The van der Waals surface area contributed by atoms with Crippen LogP contribution in [0.1, 0.15) is 39.8 Å². The molecule has 1 aromatic carbocycles. The third-order valence-electron chi connectivity index (χ3n) is 3.31. The Bertz CT molecular complexity index is 501. The van der Waals surface area contributed by atoms with Crippen LogP contribution in [-0.2, 0) is 6.42 Å². The van der Waals surface area contributed by atoms with Crippen LogP contribution in [0.3, 0.4) is 0 Å². The smallest absolute Gasteiger partial charge is 0.100 e. The summed E-state index contributed by atoms with van der Waals surface area (Å²) in [5, 5.41) is 1.30. The Labute approximate surface area is 100 Å². The van der Waals surface area contributed by atoms with Gasteiger partial charge in [-0.1, -0.05) is 24.3 Å². The molecule has 1 aliphatic rings. The van der Waals surface area contributed by atoms with Crippen molar-refractivity contribution in [1.82, 2.24) is 4.98 Å². The van der Waals surface area contributed by atoms with Crippen molar-refractivity contribution in [1.29, 1.82) is 0 Å². The van der Waals surface area contributed by atoms with Crippen LogP contribution in [0, 0.1) is 6.92 Å². The summed E-state index contributed by atoms with van der Waals surface area (Å²) in [6.07, 6.45) is 5.78. The summed E-state index contributed by atoms with van der Waals surface area (Å²) in [5.74, 6) is 0.545. The minimum Gasteiger partial charge on any atom is -0.249 e. The minimum atomic E-state index is 0.545. The second-order valence-electron chi connectivity index (χ2n) is 4.45. The Hall–Kier alpha value is -1.15. The number of thiazole rings is 1. The second-order valence-corrected chi connectivity index (χ2v) is 5.72. The van der Waals surface area contributed by atoms with Gasteiger partial charge < -0.3 is 0 Å². The number of aryl methyl sites for hydroxylation is 2. The normalized spacial score (nSPS) is 19.4. The Morgan fingerprint density at radius 1 is 1.31 bits per heavy atom. The van der Waals surface area contributed by atoms with E-state index in [0.29, 0.717) is 5.92 Å². The first-order valence-corrected chi connectivity index (χ1v) is 6.66. The molecule has 0 radical (unpaired) electrons. The van der Waals surface area contributed by atoms with Crippen molar-refractivity contribution in [3.8, 4) is 0 Å². The molecule has 2 heteroatoms. The summed E-state index contributed by atoms with van der Waals surface area (Å²) >= 11 is 1.85. The molecule has 0 fully saturated rings. The molecule has 0 aliphatic heterocycles. The van der Waals surface area contributed by atoms with E-state index < -0.39 is 0 Å². The van der Waals surface area contributed by atoms with Crippen LogP contribution in [0.4, 0.5) is 0 Å². The van der Waals surface area contributed by atoms with Crippen LogP contribution in [0.2, 0.25) is 0 Å². The lowest BCUT2D eigenvalue weighted by Gasteiger charge is -2.23. The van der Waals surface area contributed by atoms with Crippen molar-refractivity contribution in [2.75, 3.05) is 0 Å². The van der Waals surface area contributed by atoms with E-state index in [1.165, 1.54) is 40.3 Å². The number of fused-ring (bicyclic) bond motifs is 1. The van der Waals surface area contributed by atoms with Crippen LogP contribution in [0.25, 0.3) is 0 Å². The summed E-state index contributed by atoms with van der Waals surface area (Å²) in [6.45, 7) is 2.13. The number of hydrogen-bond donors (Lipinski definition) is 0. The molecule has 1 nitrogen and oxygen atoms in total. The van der Waals surface area contributed by atoms with Crippen molar-refractivity contribution >= 4 is 11.3 Å². The van der Waals surface area contributed by atoms with Crippen LogP contribution >= 0.6 is 11.3 Å². The molecule has 0 amide bonds. The molecule has 16 heavy (non-hydrogen) atoms. The van der Waals surface area contributed by atoms with Gasteiger partial charge in [0.2, 0.25) is 0 Å². The standard InChI is InChI=1S/C14H15NS/c1-10-9-15-14(16-10)13-8-4-6-11-5-2-3-7-12(11)13/h2-3,5,7,9,13H,4,6,8H2,1H3. The molecule has 3 rings (SSSR count). The Kier molecular flexibility index (Phi) is 2.52. The maximum Gasteiger partial charge on any atom is 0.100 e. The quantitative estimate of drug-likeness (QED) is 0.722. The van der Waals surface area contributed by atoms with Gasteiger partial charge in [-0.3, -0.25) is 0 Å². The van der Waals surface area contributed by atoms with Gasteiger partial charge in [0.25, 0.3) is 0 Å². The van der Waals surface area contributed by atoms with E-state index in [4.69, 9.17) is 0 Å². The molecular formula is C14H15NS. The third-order valence-corrected chi connectivity index (χ3v) is 4.33. The summed E-state index contributed by atoms with van der Waals surface area (Å²) in [4.78, 5) is 5.87. The highest BCUT2D eigenvalue weighted by Gasteiger charge is 2.23. The molecule has 82 valence electrons. The first kappa shape index (κ1) is 10.0. The topological polar surface area (TPSA) is 12.9 Å². The van der Waals surface area contributed by atoms with Gasteiger partial charge in [-0.2, -0.15) is 0 Å². The van der Waals surface area contributed by atoms with Crippen molar-refractivity contribution in [2.24, 2.45) is 0 Å². The Morgan fingerprint density at radius 2 is 2.19 bits per heavy atom. The van der Waals surface area contributed by atoms with E-state index in [2.05, 4.69) is 36.2 Å². The Morgan fingerprint density at radius 3 is 3.00 bits per heavy atom. The van der Waals surface area contributed by atoms with E-state index in [-0.39, 0.29) is 0 Å². The molecule has 0 saturated carbocycles. The van der Waals surface area contributed by atoms with Crippen LogP contribution < -0.4 is 0 Å². The zero-order valence-electron chi connectivity index (χ0n) is 9.44. The number of nitrogens with zero attached hydrogens (tertiary/aromatic N) is 1. The fourth-order valence-electron chi connectivity index (χ4n) is 2.54. The molecule has 1 atom stereocenters. The van der Waals surface area contributed by atoms with E-state index in [1.54, 1.807) is 0 Å². The lowest BCUT2D eigenvalue weighted by molar-refractivity contribution is 0.613. The van der Waals surface area contributed by atoms with Gasteiger partial charge in [-0.15, -0.1) is 11.3 Å². The maximum atomic E-state index is 4.56. The van der Waals surface area contributed by atoms with Gasteiger partial charge >= 0.3 is 0 Å². The van der Waals surface area contributed by atoms with E-state index in [1.807, 2.05) is 17.5 Å². The van der Waals surface area contributed by atoms with Gasteiger partial charge in [0.15, 0.2) is 0 Å². The highest BCUT2D eigenvalue weighted by atomic mass is 32.1. The Balaban J connectivity index is 2.04. The highest BCUT2D eigenvalue weighted by Crippen LogP contribution is 2.37. The molecule has 0 saturated heterocycles. The molecular weight excluding hydrogens is 214 g/mol. The molecule has 1 aromatic heterocycles. The predicted octanol–water partition coefficient (Wildman–Crippen LogP) is 3.92. The minimum absolute atomic E-state index is 0.545. The van der Waals surface area contributed by atoms with Gasteiger partial charge in [0, 0.05) is 17.0 Å². The van der Waals surface area contributed by atoms with Gasteiger partial charge in [-0.25, -0.2) is 4.98 Å². The van der Waals surface area contributed by atoms with Crippen LogP contribution in [-0.4, -0.2) is 4.98 Å². The molecule has 1 heterocycles. The predicted molar refractivity (Wildman–Crippen MR) is 68.1 cm³/mol. The molecule has 2 aromatic rings. The molecule has 0 bridgehead atoms. The van der Waals surface area contributed by atoms with E-state index in [9.17, 15) is 0 Å². The molecule has 0 spiro atoms. The zero-order valence-corrected chi connectivity index (χ0v) is 10.3. The summed E-state index contributed by atoms with van der Waals surface area (Å²) in [6, 6.07) is 8.84. The van der Waals surface area contributed by atoms with Crippen molar-refractivity contribution in [3.05, 3.63) is 51.5 Å². The molecule has 1 aliphatic carbocycles. The van der Waals surface area contributed by atoms with Crippen molar-refractivity contribution < 1.29 is 0 Å². The average Bonchev–Trinajstić information content (AvgIpc) is 2.75. The molecule has 0 N–H and O–H groups in total. The largest absolute Gasteiger partial charge is 0.249 e. The zero-order chi connectivity index (χ0) is 11.0. The lowest BCUT2D eigenvalue weighted by atomic mass is 9.83. The van der Waals surface area contributed by atoms with Crippen LogP contribution in [0.15, 0.2) is 30.5 Å². The highest BCUT2D eigenvalue weighted by molar-refractivity contribution is 7.11. The van der Waals surface area contributed by atoms with Gasteiger partial charge in [-0.05, 0) is 37.3 Å². The maximum absolute atomic E-state index is 4.56. The molecule has 1 unspecified atom stereocenters. The monoisotopic (exact) mass is 229 g/mol. The average molecular weight is 229 g/mol. The third kappa shape index (κ3) is 1.67.